The number of nitrogens with one attached hydrogen (secondary N) is 1. The first-order valence-corrected chi connectivity index (χ1v) is 5.98. The summed E-state index contributed by atoms with van der Waals surface area (Å²) in [5.74, 6) is 0. The molecule has 0 aliphatic heterocycles. The molecular formula is C14H20N2. The van der Waals surface area contributed by atoms with Crippen LogP contribution >= 0.6 is 0 Å². The molecule has 2 nitrogen and oxygen atoms in total. The number of aryl methyl sites for hydroxylation is 1. The van der Waals surface area contributed by atoms with Crippen LogP contribution < -0.4 is 0 Å². The van der Waals surface area contributed by atoms with Crippen LogP contribution in [0.3, 0.4) is 0 Å². The second kappa shape index (κ2) is 6.83. The quantitative estimate of drug-likeness (QED) is 0.823. The molecule has 0 atom stereocenters. The van der Waals surface area contributed by atoms with Crippen molar-refractivity contribution in [1.29, 1.82) is 0 Å². The fraction of sp³-hybridized carbons (Fsp3) is 0.357. The third-order valence-corrected chi connectivity index (χ3v) is 2.32. The molecule has 0 unspecified atom stereocenters. The molecule has 2 rings (SSSR count). The van der Waals surface area contributed by atoms with Crippen molar-refractivity contribution < 1.29 is 0 Å². The Labute approximate surface area is 97.7 Å². The van der Waals surface area contributed by atoms with Crippen molar-refractivity contribution in [2.24, 2.45) is 0 Å². The van der Waals surface area contributed by atoms with Gasteiger partial charge in [0.1, 0.15) is 0 Å². The van der Waals surface area contributed by atoms with E-state index in [4.69, 9.17) is 0 Å². The summed E-state index contributed by atoms with van der Waals surface area (Å²) in [5.41, 5.74) is 3.77. The standard InChI is InChI=1S/C12H14N2.C2H6/c1-2-3-10-4-6-11(7-5-10)12-8-13-14-9-12;1-2/h4-9H,2-3H2,1H3,(H,13,14);1-2H3. The Kier molecular flexibility index (Phi) is 5.34. The molecule has 0 aliphatic carbocycles. The van der Waals surface area contributed by atoms with Gasteiger partial charge in [-0.25, -0.2) is 0 Å². The monoisotopic (exact) mass is 216 g/mol. The molecule has 0 radical (unpaired) electrons. The maximum atomic E-state index is 3.93. The van der Waals surface area contributed by atoms with Gasteiger partial charge in [-0.05, 0) is 17.5 Å². The van der Waals surface area contributed by atoms with Crippen molar-refractivity contribution in [2.75, 3.05) is 0 Å². The van der Waals surface area contributed by atoms with Crippen molar-refractivity contribution in [3.05, 3.63) is 42.2 Å². The van der Waals surface area contributed by atoms with Gasteiger partial charge < -0.3 is 0 Å². The van der Waals surface area contributed by atoms with Crippen LogP contribution in [-0.2, 0) is 6.42 Å². The van der Waals surface area contributed by atoms with Gasteiger partial charge in [-0.2, -0.15) is 5.10 Å². The number of aromatic amines is 1. The Hall–Kier alpha value is -1.57. The third-order valence-electron chi connectivity index (χ3n) is 2.32. The number of benzene rings is 1. The zero-order chi connectivity index (χ0) is 11.8. The lowest BCUT2D eigenvalue weighted by Gasteiger charge is -2.00. The van der Waals surface area contributed by atoms with E-state index in [1.165, 1.54) is 17.5 Å². The van der Waals surface area contributed by atoms with E-state index in [9.17, 15) is 0 Å². The Balaban J connectivity index is 0.000000606. The highest BCUT2D eigenvalue weighted by molar-refractivity contribution is 5.61. The highest BCUT2D eigenvalue weighted by atomic mass is 15.1. The minimum Gasteiger partial charge on any atom is -0.285 e. The van der Waals surface area contributed by atoms with Gasteiger partial charge in [0, 0.05) is 11.8 Å². The predicted octanol–water partition coefficient (Wildman–Crippen LogP) is 4.06. The van der Waals surface area contributed by atoms with Crippen molar-refractivity contribution in [3.8, 4) is 11.1 Å². The minimum atomic E-state index is 1.15. The van der Waals surface area contributed by atoms with Crippen LogP contribution in [0.2, 0.25) is 0 Å². The Morgan fingerprint density at radius 3 is 2.25 bits per heavy atom. The minimum absolute atomic E-state index is 1.15. The second-order valence-corrected chi connectivity index (χ2v) is 3.43. The molecule has 1 heterocycles. The number of H-pyrrole nitrogens is 1. The first kappa shape index (κ1) is 12.5. The average Bonchev–Trinajstić information content (AvgIpc) is 2.87. The number of aromatic nitrogens is 2. The summed E-state index contributed by atoms with van der Waals surface area (Å²) < 4.78 is 0. The van der Waals surface area contributed by atoms with Crippen LogP contribution in [0.25, 0.3) is 11.1 Å². The maximum Gasteiger partial charge on any atom is 0.0565 e. The Morgan fingerprint density at radius 1 is 1.06 bits per heavy atom. The van der Waals surface area contributed by atoms with Crippen LogP contribution in [0.5, 0.6) is 0 Å². The van der Waals surface area contributed by atoms with Gasteiger partial charge in [0.2, 0.25) is 0 Å². The summed E-state index contributed by atoms with van der Waals surface area (Å²) in [7, 11) is 0. The lowest BCUT2D eigenvalue weighted by molar-refractivity contribution is 0.922. The molecule has 1 aromatic heterocycles. The first-order valence-electron chi connectivity index (χ1n) is 5.98. The number of hydrogen-bond donors (Lipinski definition) is 1. The Morgan fingerprint density at radius 2 is 1.75 bits per heavy atom. The number of nitrogens with zero attached hydrogens (tertiary/aromatic N) is 1. The van der Waals surface area contributed by atoms with E-state index < -0.39 is 0 Å². The highest BCUT2D eigenvalue weighted by Gasteiger charge is 1.97. The predicted molar refractivity (Wildman–Crippen MR) is 69.4 cm³/mol. The van der Waals surface area contributed by atoms with Crippen molar-refractivity contribution in [3.63, 3.8) is 0 Å². The second-order valence-electron chi connectivity index (χ2n) is 3.43. The van der Waals surface area contributed by atoms with Gasteiger partial charge in [0.25, 0.3) is 0 Å². The van der Waals surface area contributed by atoms with E-state index >= 15 is 0 Å². The van der Waals surface area contributed by atoms with E-state index in [0.717, 1.165) is 12.0 Å². The van der Waals surface area contributed by atoms with Gasteiger partial charge >= 0.3 is 0 Å². The van der Waals surface area contributed by atoms with Gasteiger partial charge in [-0.1, -0.05) is 51.5 Å². The summed E-state index contributed by atoms with van der Waals surface area (Å²) in [6.07, 6.45) is 6.11. The third kappa shape index (κ3) is 3.23. The molecule has 0 aliphatic rings. The molecule has 0 saturated heterocycles. The molecule has 2 heteroatoms. The van der Waals surface area contributed by atoms with E-state index in [2.05, 4.69) is 41.4 Å². The molecule has 0 fully saturated rings. The van der Waals surface area contributed by atoms with Crippen molar-refractivity contribution >= 4 is 0 Å². The van der Waals surface area contributed by atoms with Gasteiger partial charge in [-0.3, -0.25) is 5.10 Å². The van der Waals surface area contributed by atoms with E-state index in [1.54, 1.807) is 0 Å². The molecule has 2 aromatic rings. The number of rotatable bonds is 3. The summed E-state index contributed by atoms with van der Waals surface area (Å²) in [5, 5.41) is 6.75. The van der Waals surface area contributed by atoms with Crippen molar-refractivity contribution in [2.45, 2.75) is 33.6 Å². The molecule has 0 bridgehead atoms. The van der Waals surface area contributed by atoms with Gasteiger partial charge in [0.15, 0.2) is 0 Å². The van der Waals surface area contributed by atoms with E-state index in [0.29, 0.717) is 0 Å². The largest absolute Gasteiger partial charge is 0.285 e. The van der Waals surface area contributed by atoms with Gasteiger partial charge in [0.05, 0.1) is 6.20 Å². The van der Waals surface area contributed by atoms with Crippen LogP contribution in [0.1, 0.15) is 32.8 Å². The molecule has 0 amide bonds. The SMILES string of the molecule is CC.CCCc1ccc(-c2cn[nH]c2)cc1. The highest BCUT2D eigenvalue weighted by Crippen LogP contribution is 2.18. The first-order chi connectivity index (χ1) is 7.90. The van der Waals surface area contributed by atoms with E-state index in [1.807, 2.05) is 26.2 Å². The number of hydrogen-bond acceptors (Lipinski definition) is 1. The summed E-state index contributed by atoms with van der Waals surface area (Å²) >= 11 is 0. The van der Waals surface area contributed by atoms with Crippen LogP contribution in [0.15, 0.2) is 36.7 Å². The molecule has 16 heavy (non-hydrogen) atoms. The lowest BCUT2D eigenvalue weighted by Crippen LogP contribution is -1.82. The maximum absolute atomic E-state index is 3.93. The molecule has 0 spiro atoms. The van der Waals surface area contributed by atoms with Crippen molar-refractivity contribution in [1.82, 2.24) is 10.2 Å². The molecule has 0 saturated carbocycles. The lowest BCUT2D eigenvalue weighted by atomic mass is 10.0. The zero-order valence-corrected chi connectivity index (χ0v) is 10.3. The topological polar surface area (TPSA) is 28.7 Å². The van der Waals surface area contributed by atoms with Crippen LogP contribution in [0, 0.1) is 0 Å². The molecule has 86 valence electrons. The normalized spacial score (nSPS) is 9.44. The molecule has 1 N–H and O–H groups in total. The fourth-order valence-electron chi connectivity index (χ4n) is 1.56. The molecule has 1 aromatic carbocycles. The van der Waals surface area contributed by atoms with Gasteiger partial charge in [-0.15, -0.1) is 0 Å². The summed E-state index contributed by atoms with van der Waals surface area (Å²) in [4.78, 5) is 0. The van der Waals surface area contributed by atoms with Crippen LogP contribution in [0.4, 0.5) is 0 Å². The average molecular weight is 216 g/mol. The summed E-state index contributed by atoms with van der Waals surface area (Å²) in [6, 6.07) is 8.67. The van der Waals surface area contributed by atoms with Crippen LogP contribution in [-0.4, -0.2) is 10.2 Å². The smallest absolute Gasteiger partial charge is 0.0565 e. The molecular weight excluding hydrogens is 196 g/mol. The Bertz CT molecular complexity index is 374. The fourth-order valence-corrected chi connectivity index (χ4v) is 1.56. The summed E-state index contributed by atoms with van der Waals surface area (Å²) in [6.45, 7) is 6.20. The zero-order valence-electron chi connectivity index (χ0n) is 10.3. The van der Waals surface area contributed by atoms with E-state index in [-0.39, 0.29) is 0 Å².